The summed E-state index contributed by atoms with van der Waals surface area (Å²) in [5.41, 5.74) is 3.26. The van der Waals surface area contributed by atoms with Gasteiger partial charge in [0.2, 0.25) is 5.91 Å². The Morgan fingerprint density at radius 3 is 1.68 bits per heavy atom. The van der Waals surface area contributed by atoms with Crippen LogP contribution in [0.4, 0.5) is 10.2 Å². The van der Waals surface area contributed by atoms with Crippen LogP contribution >= 0.6 is 11.8 Å². The van der Waals surface area contributed by atoms with Gasteiger partial charge >= 0.3 is 0 Å². The summed E-state index contributed by atoms with van der Waals surface area (Å²) in [5.74, 6) is -0.116. The van der Waals surface area contributed by atoms with E-state index in [-0.39, 0.29) is 11.7 Å². The predicted molar refractivity (Wildman–Crippen MR) is 124 cm³/mol. The number of benzene rings is 3. The van der Waals surface area contributed by atoms with Gasteiger partial charge in [-0.05, 0) is 28.8 Å². The number of anilines is 1. The molecular formula is C26H21FN2OS. The van der Waals surface area contributed by atoms with E-state index < -0.39 is 10.6 Å². The third-order valence-corrected chi connectivity index (χ3v) is 6.50. The number of nitrogens with one attached hydrogen (secondary N) is 1. The molecule has 1 amide bonds. The van der Waals surface area contributed by atoms with Crippen LogP contribution in [0.5, 0.6) is 0 Å². The summed E-state index contributed by atoms with van der Waals surface area (Å²) in [6, 6.07) is 33.3. The predicted octanol–water partition coefficient (Wildman–Crippen LogP) is 5.88. The minimum absolute atomic E-state index is 0.192. The van der Waals surface area contributed by atoms with Crippen molar-refractivity contribution in [2.45, 2.75) is 4.75 Å². The summed E-state index contributed by atoms with van der Waals surface area (Å²) in [7, 11) is 0. The molecule has 1 N–H and O–H groups in total. The topological polar surface area (TPSA) is 42.0 Å². The van der Waals surface area contributed by atoms with Crippen LogP contribution in [0.2, 0.25) is 0 Å². The number of hydrogen-bond donors (Lipinski definition) is 1. The Kier molecular flexibility index (Phi) is 6.43. The van der Waals surface area contributed by atoms with Crippen LogP contribution in [0.1, 0.15) is 16.7 Å². The van der Waals surface area contributed by atoms with E-state index >= 15 is 0 Å². The molecular weight excluding hydrogens is 407 g/mol. The molecule has 0 saturated carbocycles. The van der Waals surface area contributed by atoms with Gasteiger partial charge in [-0.25, -0.2) is 9.37 Å². The Balaban J connectivity index is 1.71. The summed E-state index contributed by atoms with van der Waals surface area (Å²) in [6.07, 6.45) is 1.09. The first-order valence-electron chi connectivity index (χ1n) is 9.90. The van der Waals surface area contributed by atoms with Crippen LogP contribution in [0.25, 0.3) is 0 Å². The van der Waals surface area contributed by atoms with E-state index in [9.17, 15) is 9.18 Å². The van der Waals surface area contributed by atoms with Crippen LogP contribution in [0.3, 0.4) is 0 Å². The maximum absolute atomic E-state index is 13.1. The minimum Gasteiger partial charge on any atom is -0.310 e. The Morgan fingerprint density at radius 2 is 1.26 bits per heavy atom. The van der Waals surface area contributed by atoms with Crippen molar-refractivity contribution in [3.63, 3.8) is 0 Å². The van der Waals surface area contributed by atoms with Gasteiger partial charge in [-0.1, -0.05) is 91.0 Å². The van der Waals surface area contributed by atoms with Crippen molar-refractivity contribution in [2.75, 3.05) is 11.1 Å². The first kappa shape index (κ1) is 20.8. The molecule has 0 saturated heterocycles. The molecule has 0 atom stereocenters. The Labute approximate surface area is 185 Å². The van der Waals surface area contributed by atoms with Crippen molar-refractivity contribution in [3.8, 4) is 0 Å². The van der Waals surface area contributed by atoms with Gasteiger partial charge in [-0.3, -0.25) is 4.79 Å². The van der Waals surface area contributed by atoms with Crippen molar-refractivity contribution < 1.29 is 9.18 Å². The van der Waals surface area contributed by atoms with E-state index in [0.717, 1.165) is 22.9 Å². The number of carbonyl (C=O) groups is 1. The lowest BCUT2D eigenvalue weighted by Gasteiger charge is -2.35. The highest BCUT2D eigenvalue weighted by atomic mass is 32.2. The van der Waals surface area contributed by atoms with Crippen LogP contribution < -0.4 is 5.32 Å². The fourth-order valence-corrected chi connectivity index (χ4v) is 4.90. The number of rotatable bonds is 7. The van der Waals surface area contributed by atoms with Crippen LogP contribution in [-0.2, 0) is 9.54 Å². The fourth-order valence-electron chi connectivity index (χ4n) is 3.57. The van der Waals surface area contributed by atoms with E-state index in [1.165, 1.54) is 12.1 Å². The standard InChI is InChI=1S/C26H21FN2OS/c27-23-16-17-24(28-18-23)29-25(30)19-31-26(20-10-4-1-5-11-20,21-12-6-2-7-13-21)22-14-8-3-9-15-22/h1-18H,19H2,(H,28,29,30). The molecule has 0 spiro atoms. The molecule has 0 aliphatic rings. The first-order valence-corrected chi connectivity index (χ1v) is 10.9. The quantitative estimate of drug-likeness (QED) is 0.374. The third-order valence-electron chi connectivity index (χ3n) is 4.96. The molecule has 1 aromatic heterocycles. The highest BCUT2D eigenvalue weighted by Crippen LogP contribution is 2.48. The summed E-state index contributed by atoms with van der Waals surface area (Å²) in [4.78, 5) is 16.7. The van der Waals surface area contributed by atoms with Gasteiger partial charge in [-0.15, -0.1) is 11.8 Å². The molecule has 4 rings (SSSR count). The zero-order valence-electron chi connectivity index (χ0n) is 16.7. The van der Waals surface area contributed by atoms with Crippen molar-refractivity contribution in [2.24, 2.45) is 0 Å². The Bertz CT molecular complexity index is 1020. The van der Waals surface area contributed by atoms with Gasteiger partial charge in [-0.2, -0.15) is 0 Å². The molecule has 0 aliphatic heterocycles. The highest BCUT2D eigenvalue weighted by molar-refractivity contribution is 8.01. The molecule has 5 heteroatoms. The summed E-state index contributed by atoms with van der Waals surface area (Å²) < 4.78 is 12.5. The number of carbonyl (C=O) groups excluding carboxylic acids is 1. The fraction of sp³-hybridized carbons (Fsp3) is 0.0769. The molecule has 1 heterocycles. The van der Waals surface area contributed by atoms with E-state index in [1.807, 2.05) is 54.6 Å². The van der Waals surface area contributed by atoms with Crippen molar-refractivity contribution in [3.05, 3.63) is 132 Å². The molecule has 3 aromatic carbocycles. The maximum atomic E-state index is 13.1. The molecule has 0 bridgehead atoms. The first-order chi connectivity index (χ1) is 15.2. The van der Waals surface area contributed by atoms with E-state index in [2.05, 4.69) is 46.7 Å². The number of nitrogens with zero attached hydrogens (tertiary/aromatic N) is 1. The molecule has 0 radical (unpaired) electrons. The molecule has 0 aliphatic carbocycles. The van der Waals surface area contributed by atoms with Gasteiger partial charge in [0.25, 0.3) is 0 Å². The van der Waals surface area contributed by atoms with Crippen LogP contribution in [-0.4, -0.2) is 16.6 Å². The Morgan fingerprint density at radius 1 is 0.774 bits per heavy atom. The van der Waals surface area contributed by atoms with Gasteiger partial charge < -0.3 is 5.32 Å². The number of halogens is 1. The molecule has 0 fully saturated rings. The second-order valence-electron chi connectivity index (χ2n) is 6.98. The SMILES string of the molecule is O=C(CSC(c1ccccc1)(c1ccccc1)c1ccccc1)Nc1ccc(F)cn1. The number of pyridine rings is 1. The summed E-state index contributed by atoms with van der Waals surface area (Å²) >= 11 is 1.54. The van der Waals surface area contributed by atoms with Crippen LogP contribution in [0.15, 0.2) is 109 Å². The minimum atomic E-state index is -0.572. The smallest absolute Gasteiger partial charge is 0.235 e. The Hall–Kier alpha value is -3.44. The largest absolute Gasteiger partial charge is 0.310 e. The number of aromatic nitrogens is 1. The van der Waals surface area contributed by atoms with Gasteiger partial charge in [0.1, 0.15) is 11.6 Å². The number of hydrogen-bond acceptors (Lipinski definition) is 3. The second kappa shape index (κ2) is 9.58. The van der Waals surface area contributed by atoms with Gasteiger partial charge in [0, 0.05) is 0 Å². The summed E-state index contributed by atoms with van der Waals surface area (Å²) in [6.45, 7) is 0. The zero-order valence-corrected chi connectivity index (χ0v) is 17.6. The van der Waals surface area contributed by atoms with Crippen molar-refractivity contribution in [1.82, 2.24) is 4.98 Å². The van der Waals surface area contributed by atoms with E-state index in [0.29, 0.717) is 5.82 Å². The average molecular weight is 429 g/mol. The second-order valence-corrected chi connectivity index (χ2v) is 8.17. The molecule has 0 unspecified atom stereocenters. The zero-order chi connectivity index (χ0) is 21.5. The number of thioether (sulfide) groups is 1. The molecule has 154 valence electrons. The van der Waals surface area contributed by atoms with Crippen molar-refractivity contribution in [1.29, 1.82) is 0 Å². The lowest BCUT2D eigenvalue weighted by molar-refractivity contribution is -0.113. The lowest BCUT2D eigenvalue weighted by atomic mass is 9.84. The number of amides is 1. The summed E-state index contributed by atoms with van der Waals surface area (Å²) in [5, 5.41) is 2.76. The molecule has 31 heavy (non-hydrogen) atoms. The maximum Gasteiger partial charge on any atom is 0.235 e. The normalized spacial score (nSPS) is 11.1. The monoisotopic (exact) mass is 428 g/mol. The molecule has 3 nitrogen and oxygen atoms in total. The average Bonchev–Trinajstić information content (AvgIpc) is 2.83. The third kappa shape index (κ3) is 4.67. The lowest BCUT2D eigenvalue weighted by Crippen LogP contribution is -2.28. The highest BCUT2D eigenvalue weighted by Gasteiger charge is 2.37. The van der Waals surface area contributed by atoms with E-state index in [1.54, 1.807) is 11.8 Å². The molecule has 4 aromatic rings. The van der Waals surface area contributed by atoms with Gasteiger partial charge in [0.05, 0.1) is 16.7 Å². The van der Waals surface area contributed by atoms with E-state index in [4.69, 9.17) is 0 Å². The van der Waals surface area contributed by atoms with Crippen molar-refractivity contribution >= 4 is 23.5 Å². The van der Waals surface area contributed by atoms with Gasteiger partial charge in [0.15, 0.2) is 0 Å². The van der Waals surface area contributed by atoms with Crippen LogP contribution in [0, 0.1) is 5.82 Å².